The first-order valence-electron chi connectivity index (χ1n) is 19.7. The van der Waals surface area contributed by atoms with Crippen LogP contribution in [0.1, 0.15) is 70.8 Å². The van der Waals surface area contributed by atoms with E-state index in [4.69, 9.17) is 4.74 Å². The summed E-state index contributed by atoms with van der Waals surface area (Å²) >= 11 is 0. The minimum absolute atomic E-state index is 0.0721. The fourth-order valence-electron chi connectivity index (χ4n) is 8.31. The first kappa shape index (κ1) is 41.2. The van der Waals surface area contributed by atoms with E-state index in [-0.39, 0.29) is 56.2 Å². The molecule has 0 bridgehead atoms. The number of rotatable bonds is 8. The summed E-state index contributed by atoms with van der Waals surface area (Å²) in [5, 5.41) is 7.98. The Morgan fingerprint density at radius 1 is 0.947 bits per heavy atom. The molecule has 1 aromatic rings. The van der Waals surface area contributed by atoms with Crippen LogP contribution in [0.2, 0.25) is 0 Å². The predicted molar refractivity (Wildman–Crippen MR) is 201 cm³/mol. The topological polar surface area (TPSA) is 175 Å². The first-order valence-corrected chi connectivity index (χ1v) is 19.7. The highest BCUT2D eigenvalue weighted by Crippen LogP contribution is 2.27. The van der Waals surface area contributed by atoms with Gasteiger partial charge in [-0.25, -0.2) is 13.6 Å². The van der Waals surface area contributed by atoms with Gasteiger partial charge in [-0.3, -0.25) is 28.8 Å². The average Bonchev–Trinajstić information content (AvgIpc) is 3.84. The van der Waals surface area contributed by atoms with Crippen molar-refractivity contribution >= 4 is 41.4 Å². The van der Waals surface area contributed by atoms with Gasteiger partial charge in [0.25, 0.3) is 0 Å². The van der Waals surface area contributed by atoms with Crippen LogP contribution in [-0.2, 0) is 44.7 Å². The number of allylic oxidation sites excluding steroid dienone is 4. The fourth-order valence-corrected chi connectivity index (χ4v) is 8.31. The predicted octanol–water partition coefficient (Wildman–Crippen LogP) is 2.18. The molecule has 1 aromatic carbocycles. The van der Waals surface area contributed by atoms with E-state index in [1.807, 2.05) is 6.92 Å². The Bertz CT molecular complexity index is 1830. The van der Waals surface area contributed by atoms with Crippen molar-refractivity contribution in [2.45, 2.75) is 108 Å². The quantitative estimate of drug-likeness (QED) is 0.266. The van der Waals surface area contributed by atoms with Gasteiger partial charge < -0.3 is 35.4 Å². The zero-order valence-corrected chi connectivity index (χ0v) is 32.2. The van der Waals surface area contributed by atoms with E-state index in [0.717, 1.165) is 31.4 Å². The van der Waals surface area contributed by atoms with Gasteiger partial charge in [0, 0.05) is 38.2 Å². The second-order valence-corrected chi connectivity index (χ2v) is 15.7. The third-order valence-electron chi connectivity index (χ3n) is 11.3. The number of benzene rings is 1. The zero-order valence-electron chi connectivity index (χ0n) is 32.2. The fraction of sp³-hybridized carbons (Fsp3) is 0.537. The summed E-state index contributed by atoms with van der Waals surface area (Å²) < 4.78 is 34.2. The molecular weight excluding hydrogens is 742 g/mol. The standard InChI is InChI=1S/C41H50F2N6O8/c1-24-17-34-41(56)57-23-31(46-36(51)30(20-27-18-28(42)21-29(43)19-27)45-35(50)14-13-26-9-4-3-5-10-26)39(54)48-16-8-12-33(48)40(55)47-15-7-6-11-32(47)37(52)44-25(2)38(53)49(34)22-24/h3-4,6-7,11,15,18-19,21,24-26,30-34H,5,8-10,12-14,16-17,20,22-23H2,1-2H3,(H,44,52)(H,45,50)(H,46,51)/t24-,25+,26-,30+,31+,32+,33+,34+/m1/s1. The number of fused-ring (bicyclic) bond motifs is 3. The van der Waals surface area contributed by atoms with E-state index in [1.54, 1.807) is 12.2 Å². The minimum Gasteiger partial charge on any atom is -0.461 e. The Hall–Kier alpha value is -5.41. The number of esters is 1. The SMILES string of the molecule is C[C@@H]1C[C@H]2C(=O)OC[C@H](NC(=O)[C@H](Cc3cc(F)cc(F)c3)NC(=O)CC[C@@H]3CC=CCC3)C(=O)N3CCC[C@H]3C(=O)N3C=CC=C[C@H]3C(=O)N[C@@H](C)C(=O)N2C1. The zero-order chi connectivity index (χ0) is 40.8. The van der Waals surface area contributed by atoms with Crippen LogP contribution >= 0.6 is 0 Å². The lowest BCUT2D eigenvalue weighted by Crippen LogP contribution is -2.60. The maximum atomic E-state index is 14.5. The van der Waals surface area contributed by atoms with Crippen molar-refractivity contribution in [2.24, 2.45) is 11.8 Å². The van der Waals surface area contributed by atoms with Crippen molar-refractivity contribution in [3.63, 3.8) is 0 Å². The van der Waals surface area contributed by atoms with Gasteiger partial charge in [-0.2, -0.15) is 0 Å². The third-order valence-corrected chi connectivity index (χ3v) is 11.3. The van der Waals surface area contributed by atoms with E-state index in [2.05, 4.69) is 28.1 Å². The molecule has 0 spiro atoms. The van der Waals surface area contributed by atoms with Crippen molar-refractivity contribution in [1.29, 1.82) is 0 Å². The molecular formula is C41H50F2N6O8. The molecule has 0 saturated carbocycles. The molecule has 6 rings (SSSR count). The molecule has 0 aromatic heterocycles. The van der Waals surface area contributed by atoms with Crippen LogP contribution in [0.5, 0.6) is 0 Å². The highest BCUT2D eigenvalue weighted by Gasteiger charge is 2.45. The van der Waals surface area contributed by atoms with Gasteiger partial charge in [-0.05, 0) is 87.5 Å². The number of nitrogens with one attached hydrogen (secondary N) is 3. The van der Waals surface area contributed by atoms with Crippen LogP contribution in [0.3, 0.4) is 0 Å². The maximum Gasteiger partial charge on any atom is 0.328 e. The number of carbonyl (C=O) groups is 7. The maximum absolute atomic E-state index is 14.5. The van der Waals surface area contributed by atoms with Crippen molar-refractivity contribution < 1.29 is 47.1 Å². The molecule has 306 valence electrons. The van der Waals surface area contributed by atoms with E-state index < -0.39 is 95.9 Å². The molecule has 3 fully saturated rings. The molecule has 16 heteroatoms. The lowest BCUT2D eigenvalue weighted by Gasteiger charge is -2.35. The van der Waals surface area contributed by atoms with Gasteiger partial charge in [0.05, 0.1) is 0 Å². The van der Waals surface area contributed by atoms with Crippen molar-refractivity contribution in [3.8, 4) is 0 Å². The smallest absolute Gasteiger partial charge is 0.328 e. The highest BCUT2D eigenvalue weighted by molar-refractivity contribution is 5.98. The van der Waals surface area contributed by atoms with Gasteiger partial charge >= 0.3 is 5.97 Å². The van der Waals surface area contributed by atoms with Gasteiger partial charge in [-0.1, -0.05) is 31.2 Å². The van der Waals surface area contributed by atoms with Crippen LogP contribution in [0.4, 0.5) is 8.78 Å². The number of cyclic esters (lactones) is 1. The summed E-state index contributed by atoms with van der Waals surface area (Å²) in [5.41, 5.74) is 0.0721. The molecule has 1 aliphatic carbocycles. The van der Waals surface area contributed by atoms with E-state index in [0.29, 0.717) is 18.9 Å². The summed E-state index contributed by atoms with van der Waals surface area (Å²) in [6.45, 7) is 2.97. The summed E-state index contributed by atoms with van der Waals surface area (Å²) in [6.07, 6.45) is 14.1. The van der Waals surface area contributed by atoms with E-state index >= 15 is 0 Å². The molecule has 3 saturated heterocycles. The Morgan fingerprint density at radius 2 is 1.72 bits per heavy atom. The Labute approximate surface area is 330 Å². The summed E-state index contributed by atoms with van der Waals surface area (Å²) in [4.78, 5) is 101. The second kappa shape index (κ2) is 18.2. The number of carbonyl (C=O) groups excluding carboxylic acids is 7. The van der Waals surface area contributed by atoms with Crippen LogP contribution < -0.4 is 16.0 Å². The summed E-state index contributed by atoms with van der Waals surface area (Å²) in [7, 11) is 0. The number of halogens is 2. The Morgan fingerprint density at radius 3 is 2.46 bits per heavy atom. The van der Waals surface area contributed by atoms with Gasteiger partial charge in [0.15, 0.2) is 0 Å². The van der Waals surface area contributed by atoms with Crippen molar-refractivity contribution in [2.75, 3.05) is 19.7 Å². The molecule has 5 aliphatic rings. The van der Waals surface area contributed by atoms with Gasteiger partial charge in [-0.15, -0.1) is 0 Å². The molecule has 3 N–H and O–H groups in total. The molecule has 0 radical (unpaired) electrons. The molecule has 0 unspecified atom stereocenters. The van der Waals surface area contributed by atoms with Crippen LogP contribution in [0.25, 0.3) is 0 Å². The summed E-state index contributed by atoms with van der Waals surface area (Å²) in [5.74, 6) is -6.28. The number of hydrogen-bond acceptors (Lipinski definition) is 8. The van der Waals surface area contributed by atoms with Crippen LogP contribution in [0, 0.1) is 23.5 Å². The number of nitrogens with zero attached hydrogens (tertiary/aromatic N) is 3. The molecule has 8 atom stereocenters. The van der Waals surface area contributed by atoms with Crippen LogP contribution in [0.15, 0.2) is 54.8 Å². The number of hydrogen-bond donors (Lipinski definition) is 3. The first-order chi connectivity index (χ1) is 27.3. The molecule has 57 heavy (non-hydrogen) atoms. The highest BCUT2D eigenvalue weighted by atomic mass is 19.1. The lowest BCUT2D eigenvalue weighted by atomic mass is 9.90. The molecule has 4 aliphatic heterocycles. The van der Waals surface area contributed by atoms with Crippen LogP contribution in [-0.4, -0.2) is 112 Å². The van der Waals surface area contributed by atoms with E-state index in [1.165, 1.54) is 33.9 Å². The summed E-state index contributed by atoms with van der Waals surface area (Å²) in [6, 6.07) is -4.51. The minimum atomic E-state index is -1.57. The van der Waals surface area contributed by atoms with Crippen molar-refractivity contribution in [3.05, 3.63) is 72.0 Å². The lowest BCUT2D eigenvalue weighted by molar-refractivity contribution is -0.157. The molecule has 6 amide bonds. The van der Waals surface area contributed by atoms with Gasteiger partial charge in [0.2, 0.25) is 35.4 Å². The Balaban J connectivity index is 1.29. The van der Waals surface area contributed by atoms with Gasteiger partial charge in [0.1, 0.15) is 54.5 Å². The molecule has 4 heterocycles. The van der Waals surface area contributed by atoms with Crippen molar-refractivity contribution in [1.82, 2.24) is 30.7 Å². The molecule has 14 nitrogen and oxygen atoms in total. The number of ether oxygens (including phenoxy) is 1. The largest absolute Gasteiger partial charge is 0.461 e. The average molecular weight is 793 g/mol. The Kier molecular flexibility index (Phi) is 13.2. The second-order valence-electron chi connectivity index (χ2n) is 15.7. The monoisotopic (exact) mass is 792 g/mol. The third kappa shape index (κ3) is 9.95. The van der Waals surface area contributed by atoms with E-state index in [9.17, 15) is 42.3 Å². The normalized spacial score (nSPS) is 28.7. The number of amides is 6.